The van der Waals surface area contributed by atoms with E-state index >= 15 is 0 Å². The number of H-pyrrole nitrogens is 1. The van der Waals surface area contributed by atoms with Gasteiger partial charge in [0.2, 0.25) is 5.91 Å². The largest absolute Gasteiger partial charge is 0.417 e. The summed E-state index contributed by atoms with van der Waals surface area (Å²) in [7, 11) is 0. The van der Waals surface area contributed by atoms with Crippen molar-refractivity contribution in [1.29, 1.82) is 0 Å². The number of hydrogen-bond donors (Lipinski definition) is 1. The van der Waals surface area contributed by atoms with Crippen molar-refractivity contribution in [2.24, 2.45) is 0 Å². The van der Waals surface area contributed by atoms with Gasteiger partial charge in [0.15, 0.2) is 5.58 Å². The second-order valence-electron chi connectivity index (χ2n) is 7.23. The fourth-order valence-corrected chi connectivity index (χ4v) is 3.81. The van der Waals surface area contributed by atoms with Gasteiger partial charge in [-0.3, -0.25) is 9.78 Å². The number of aromatic nitrogens is 1. The number of carbonyl (C=O) groups excluding carboxylic acids is 1. The summed E-state index contributed by atoms with van der Waals surface area (Å²) in [5.41, 5.74) is 3.53. The second kappa shape index (κ2) is 8.33. The first-order valence-corrected chi connectivity index (χ1v) is 9.89. The van der Waals surface area contributed by atoms with Crippen molar-refractivity contribution < 1.29 is 9.21 Å². The fraction of sp³-hybridized carbons (Fsp3) is 0.364. The molecule has 2 aromatic carbocycles. The highest BCUT2D eigenvalue weighted by Gasteiger charge is 2.23. The number of carbonyl (C=O) groups is 1. The molecule has 0 aliphatic carbocycles. The van der Waals surface area contributed by atoms with Crippen LogP contribution in [0.3, 0.4) is 0 Å². The first-order valence-electron chi connectivity index (χ1n) is 9.89. The van der Waals surface area contributed by atoms with Crippen LogP contribution in [0.25, 0.3) is 11.1 Å². The lowest BCUT2D eigenvalue weighted by Crippen LogP contribution is -2.48. The zero-order valence-corrected chi connectivity index (χ0v) is 15.9. The van der Waals surface area contributed by atoms with Crippen LogP contribution in [0.1, 0.15) is 24.8 Å². The second-order valence-corrected chi connectivity index (χ2v) is 7.23. The number of unbranched alkanes of at least 4 members (excludes halogenated alkanes) is 1. The van der Waals surface area contributed by atoms with E-state index in [1.165, 1.54) is 5.56 Å². The van der Waals surface area contributed by atoms with Gasteiger partial charge in [-0.2, -0.15) is 0 Å². The number of amides is 1. The minimum atomic E-state index is -0.438. The third-order valence-corrected chi connectivity index (χ3v) is 5.35. The Bertz CT molecular complexity index is 985. The molecule has 28 heavy (non-hydrogen) atoms. The minimum Gasteiger partial charge on any atom is -0.406 e. The maximum atomic E-state index is 12.5. The molecule has 0 spiro atoms. The number of aryl methyl sites for hydroxylation is 1. The summed E-state index contributed by atoms with van der Waals surface area (Å²) >= 11 is 0. The lowest BCUT2D eigenvalue weighted by Gasteiger charge is -2.36. The van der Waals surface area contributed by atoms with E-state index in [9.17, 15) is 9.59 Å². The number of oxazole rings is 1. The van der Waals surface area contributed by atoms with Crippen molar-refractivity contribution in [2.75, 3.05) is 31.1 Å². The number of anilines is 1. The van der Waals surface area contributed by atoms with Gasteiger partial charge in [-0.15, -0.1) is 0 Å². The Kier molecular flexibility index (Phi) is 5.46. The smallest absolute Gasteiger partial charge is 0.406 e. The van der Waals surface area contributed by atoms with Crippen LogP contribution in [0.2, 0.25) is 0 Å². The Balaban J connectivity index is 1.26. The Labute approximate surface area is 163 Å². The number of benzene rings is 2. The van der Waals surface area contributed by atoms with E-state index in [0.29, 0.717) is 30.6 Å². The molecule has 6 nitrogen and oxygen atoms in total. The van der Waals surface area contributed by atoms with Crippen molar-refractivity contribution in [2.45, 2.75) is 25.7 Å². The average molecular weight is 379 g/mol. The van der Waals surface area contributed by atoms with Crippen LogP contribution in [0.15, 0.2) is 57.7 Å². The molecule has 1 aliphatic heterocycles. The standard InChI is InChI=1S/C22H25N3O3/c26-20(12-5-4-9-17-7-2-1-3-8-17)25-15-13-24(14-16-25)19-11-6-10-18-21(19)28-22(27)23-18/h1-3,6-8,10-11H,4-5,9,12-16H2,(H,23,27). The number of rotatable bonds is 6. The Hall–Kier alpha value is -3.02. The molecule has 1 N–H and O–H groups in total. The van der Waals surface area contributed by atoms with Gasteiger partial charge in [0.1, 0.15) is 0 Å². The number of aromatic amines is 1. The fourth-order valence-electron chi connectivity index (χ4n) is 3.81. The van der Waals surface area contributed by atoms with E-state index in [1.807, 2.05) is 29.2 Å². The van der Waals surface area contributed by atoms with Crippen LogP contribution >= 0.6 is 0 Å². The van der Waals surface area contributed by atoms with E-state index in [0.717, 1.165) is 38.0 Å². The number of hydrogen-bond acceptors (Lipinski definition) is 4. The first kappa shape index (κ1) is 18.3. The summed E-state index contributed by atoms with van der Waals surface area (Å²) in [6.07, 6.45) is 3.58. The van der Waals surface area contributed by atoms with E-state index in [-0.39, 0.29) is 5.91 Å². The monoisotopic (exact) mass is 379 g/mol. The summed E-state index contributed by atoms with van der Waals surface area (Å²) in [4.78, 5) is 30.8. The van der Waals surface area contributed by atoms with Crippen molar-refractivity contribution in [3.05, 3.63) is 64.6 Å². The van der Waals surface area contributed by atoms with E-state index in [1.54, 1.807) is 0 Å². The van der Waals surface area contributed by atoms with Crippen LogP contribution in [0, 0.1) is 0 Å². The molecular formula is C22H25N3O3. The molecule has 0 unspecified atom stereocenters. The quantitative estimate of drug-likeness (QED) is 0.668. The Morgan fingerprint density at radius 3 is 2.54 bits per heavy atom. The molecule has 1 fully saturated rings. The molecule has 0 bridgehead atoms. The lowest BCUT2D eigenvalue weighted by molar-refractivity contribution is -0.131. The predicted octanol–water partition coefficient (Wildman–Crippen LogP) is 3.18. The van der Waals surface area contributed by atoms with Gasteiger partial charge in [0, 0.05) is 32.6 Å². The van der Waals surface area contributed by atoms with Crippen LogP contribution in [0.4, 0.5) is 5.69 Å². The summed E-state index contributed by atoms with van der Waals surface area (Å²) in [6, 6.07) is 16.1. The van der Waals surface area contributed by atoms with E-state index in [4.69, 9.17) is 4.42 Å². The molecule has 3 aromatic rings. The summed E-state index contributed by atoms with van der Waals surface area (Å²) in [6.45, 7) is 2.87. The number of nitrogens with one attached hydrogen (secondary N) is 1. The molecule has 1 amide bonds. The zero-order valence-electron chi connectivity index (χ0n) is 15.9. The normalized spacial score (nSPS) is 14.6. The maximum absolute atomic E-state index is 12.5. The maximum Gasteiger partial charge on any atom is 0.417 e. The van der Waals surface area contributed by atoms with E-state index < -0.39 is 5.76 Å². The molecule has 6 heteroatoms. The molecule has 2 heterocycles. The topological polar surface area (TPSA) is 69.6 Å². The molecule has 1 aromatic heterocycles. The van der Waals surface area contributed by atoms with Crippen molar-refractivity contribution >= 4 is 22.7 Å². The van der Waals surface area contributed by atoms with Gasteiger partial charge >= 0.3 is 5.76 Å². The van der Waals surface area contributed by atoms with Crippen LogP contribution in [-0.4, -0.2) is 42.0 Å². The average Bonchev–Trinajstić information content (AvgIpc) is 3.12. The van der Waals surface area contributed by atoms with Crippen LogP contribution < -0.4 is 10.7 Å². The van der Waals surface area contributed by atoms with Gasteiger partial charge in [0.25, 0.3) is 0 Å². The van der Waals surface area contributed by atoms with Gasteiger partial charge in [0.05, 0.1) is 11.2 Å². The Morgan fingerprint density at radius 1 is 0.964 bits per heavy atom. The predicted molar refractivity (Wildman–Crippen MR) is 110 cm³/mol. The van der Waals surface area contributed by atoms with Gasteiger partial charge in [-0.1, -0.05) is 36.4 Å². The summed E-state index contributed by atoms with van der Waals surface area (Å²) in [5, 5.41) is 0. The molecule has 146 valence electrons. The van der Waals surface area contributed by atoms with Crippen molar-refractivity contribution in [3.8, 4) is 0 Å². The zero-order chi connectivity index (χ0) is 19.3. The van der Waals surface area contributed by atoms with Gasteiger partial charge in [-0.25, -0.2) is 4.79 Å². The SMILES string of the molecule is O=C(CCCCc1ccccc1)N1CCN(c2cccc3[nH]c(=O)oc23)CC1. The molecule has 0 saturated carbocycles. The number of para-hydroxylation sites is 1. The van der Waals surface area contributed by atoms with Gasteiger partial charge in [-0.05, 0) is 37.0 Å². The molecule has 0 radical (unpaired) electrons. The lowest BCUT2D eigenvalue weighted by atomic mass is 10.1. The number of piperazine rings is 1. The van der Waals surface area contributed by atoms with Crippen LogP contribution in [0.5, 0.6) is 0 Å². The van der Waals surface area contributed by atoms with E-state index in [2.05, 4.69) is 34.1 Å². The van der Waals surface area contributed by atoms with Crippen molar-refractivity contribution in [3.63, 3.8) is 0 Å². The first-order chi connectivity index (χ1) is 13.7. The number of fused-ring (bicyclic) bond motifs is 1. The molecule has 1 saturated heterocycles. The molecule has 0 atom stereocenters. The highest BCUT2D eigenvalue weighted by Crippen LogP contribution is 2.26. The third-order valence-electron chi connectivity index (χ3n) is 5.35. The third kappa shape index (κ3) is 4.11. The number of nitrogens with zero attached hydrogens (tertiary/aromatic N) is 2. The highest BCUT2D eigenvalue weighted by atomic mass is 16.4. The van der Waals surface area contributed by atoms with Gasteiger partial charge < -0.3 is 14.2 Å². The summed E-state index contributed by atoms with van der Waals surface area (Å²) in [5.74, 6) is -0.203. The molecular weight excluding hydrogens is 354 g/mol. The molecule has 1 aliphatic rings. The molecule has 4 rings (SSSR count). The van der Waals surface area contributed by atoms with Crippen LogP contribution in [-0.2, 0) is 11.2 Å². The Morgan fingerprint density at radius 2 is 1.75 bits per heavy atom. The summed E-state index contributed by atoms with van der Waals surface area (Å²) < 4.78 is 5.30. The van der Waals surface area contributed by atoms with Crippen molar-refractivity contribution in [1.82, 2.24) is 9.88 Å². The highest BCUT2D eigenvalue weighted by molar-refractivity contribution is 5.86. The minimum absolute atomic E-state index is 0.235.